The van der Waals surface area contributed by atoms with Gasteiger partial charge in [0.1, 0.15) is 5.75 Å². The lowest BCUT2D eigenvalue weighted by Crippen LogP contribution is -2.26. The molecule has 2 aromatic rings. The quantitative estimate of drug-likeness (QED) is 0.586. The number of aryl methyl sites for hydroxylation is 1. The van der Waals surface area contributed by atoms with Crippen molar-refractivity contribution in [2.75, 3.05) is 11.9 Å². The highest BCUT2D eigenvalue weighted by Gasteiger charge is 2.02. The van der Waals surface area contributed by atoms with Crippen molar-refractivity contribution >= 4 is 29.4 Å². The Bertz CT molecular complexity index is 702. The molecule has 2 aromatic carbocycles. The predicted octanol–water partition coefficient (Wildman–Crippen LogP) is 2.92. The van der Waals surface area contributed by atoms with Gasteiger partial charge in [0.25, 0.3) is 5.91 Å². The Kier molecular flexibility index (Phi) is 5.38. The molecule has 114 valence electrons. The number of benzene rings is 2. The molecule has 5 nitrogen and oxygen atoms in total. The fraction of sp³-hybridized carbons (Fsp3) is 0.125. The molecule has 0 fully saturated rings. The molecule has 0 aliphatic heterocycles. The first-order valence-corrected chi connectivity index (χ1v) is 7.04. The van der Waals surface area contributed by atoms with E-state index < -0.39 is 0 Å². The van der Waals surface area contributed by atoms with E-state index in [9.17, 15) is 9.90 Å². The van der Waals surface area contributed by atoms with E-state index in [0.717, 1.165) is 11.3 Å². The van der Waals surface area contributed by atoms with Gasteiger partial charge in [0.05, 0.1) is 12.8 Å². The van der Waals surface area contributed by atoms with Crippen LogP contribution in [-0.4, -0.2) is 23.8 Å². The van der Waals surface area contributed by atoms with Crippen LogP contribution in [0.3, 0.4) is 0 Å². The zero-order valence-corrected chi connectivity index (χ0v) is 12.8. The molecule has 0 saturated heterocycles. The SMILES string of the molecule is Cc1cc(Cl)ccc1NCC(=O)NN=Cc1ccccc1O. The van der Waals surface area contributed by atoms with E-state index in [0.29, 0.717) is 10.6 Å². The molecular formula is C16H16ClN3O2. The fourth-order valence-electron chi connectivity index (χ4n) is 1.81. The summed E-state index contributed by atoms with van der Waals surface area (Å²) in [6, 6.07) is 12.1. The highest BCUT2D eigenvalue weighted by atomic mass is 35.5. The van der Waals surface area contributed by atoms with Gasteiger partial charge in [-0.15, -0.1) is 0 Å². The van der Waals surface area contributed by atoms with Gasteiger partial charge in [-0.25, -0.2) is 5.43 Å². The fourth-order valence-corrected chi connectivity index (χ4v) is 2.04. The van der Waals surface area contributed by atoms with Gasteiger partial charge in [0.2, 0.25) is 0 Å². The smallest absolute Gasteiger partial charge is 0.259 e. The van der Waals surface area contributed by atoms with E-state index in [1.54, 1.807) is 30.3 Å². The van der Waals surface area contributed by atoms with Crippen LogP contribution < -0.4 is 10.7 Å². The summed E-state index contributed by atoms with van der Waals surface area (Å²) in [6.07, 6.45) is 1.39. The number of amides is 1. The van der Waals surface area contributed by atoms with E-state index in [1.165, 1.54) is 6.21 Å². The summed E-state index contributed by atoms with van der Waals surface area (Å²) in [4.78, 5) is 11.7. The monoisotopic (exact) mass is 317 g/mol. The molecule has 0 aliphatic rings. The van der Waals surface area contributed by atoms with Gasteiger partial charge in [-0.3, -0.25) is 4.79 Å². The summed E-state index contributed by atoms with van der Waals surface area (Å²) in [5, 5.41) is 17.0. The highest BCUT2D eigenvalue weighted by molar-refractivity contribution is 6.30. The van der Waals surface area contributed by atoms with Gasteiger partial charge in [-0.05, 0) is 42.8 Å². The maximum Gasteiger partial charge on any atom is 0.259 e. The highest BCUT2D eigenvalue weighted by Crippen LogP contribution is 2.19. The van der Waals surface area contributed by atoms with E-state index >= 15 is 0 Å². The minimum absolute atomic E-state index is 0.0839. The Morgan fingerprint density at radius 2 is 2.09 bits per heavy atom. The van der Waals surface area contributed by atoms with Crippen molar-refractivity contribution in [2.24, 2.45) is 5.10 Å². The van der Waals surface area contributed by atoms with Crippen molar-refractivity contribution in [1.29, 1.82) is 0 Å². The molecule has 2 rings (SSSR count). The standard InChI is InChI=1S/C16H16ClN3O2/c1-11-8-13(17)6-7-14(11)18-10-16(22)20-19-9-12-4-2-3-5-15(12)21/h2-9,18,21H,10H2,1H3,(H,20,22). The summed E-state index contributed by atoms with van der Waals surface area (Å²) >= 11 is 5.87. The minimum Gasteiger partial charge on any atom is -0.507 e. The van der Waals surface area contributed by atoms with Crippen LogP contribution >= 0.6 is 11.6 Å². The number of hydrogen-bond donors (Lipinski definition) is 3. The van der Waals surface area contributed by atoms with Crippen molar-refractivity contribution in [3.8, 4) is 5.75 Å². The second-order valence-electron chi connectivity index (χ2n) is 4.66. The molecule has 0 bridgehead atoms. The number of para-hydroxylation sites is 1. The Balaban J connectivity index is 1.84. The second-order valence-corrected chi connectivity index (χ2v) is 5.10. The number of hydrazone groups is 1. The average Bonchev–Trinajstić information content (AvgIpc) is 2.48. The van der Waals surface area contributed by atoms with Gasteiger partial charge in [-0.2, -0.15) is 5.10 Å². The lowest BCUT2D eigenvalue weighted by molar-refractivity contribution is -0.119. The number of aromatic hydroxyl groups is 1. The summed E-state index contributed by atoms with van der Waals surface area (Å²) < 4.78 is 0. The molecule has 0 unspecified atom stereocenters. The summed E-state index contributed by atoms with van der Waals surface area (Å²) in [7, 11) is 0. The Morgan fingerprint density at radius 3 is 2.82 bits per heavy atom. The first-order valence-electron chi connectivity index (χ1n) is 6.66. The number of hydrogen-bond acceptors (Lipinski definition) is 4. The van der Waals surface area contributed by atoms with Crippen LogP contribution in [0.25, 0.3) is 0 Å². The molecule has 1 amide bonds. The third-order valence-electron chi connectivity index (χ3n) is 2.96. The van der Waals surface area contributed by atoms with Crippen LogP contribution in [-0.2, 0) is 4.79 Å². The largest absolute Gasteiger partial charge is 0.507 e. The molecule has 0 atom stereocenters. The van der Waals surface area contributed by atoms with Gasteiger partial charge in [0.15, 0.2) is 0 Å². The normalized spacial score (nSPS) is 10.6. The number of anilines is 1. The lowest BCUT2D eigenvalue weighted by Gasteiger charge is -2.08. The van der Waals surface area contributed by atoms with Gasteiger partial charge in [-0.1, -0.05) is 23.7 Å². The van der Waals surface area contributed by atoms with Crippen molar-refractivity contribution in [2.45, 2.75) is 6.92 Å². The molecule has 0 radical (unpaired) electrons. The number of nitrogens with zero attached hydrogens (tertiary/aromatic N) is 1. The number of phenols is 1. The number of nitrogens with one attached hydrogen (secondary N) is 2. The van der Waals surface area contributed by atoms with Crippen LogP contribution in [0.15, 0.2) is 47.6 Å². The lowest BCUT2D eigenvalue weighted by atomic mass is 10.2. The molecule has 6 heteroatoms. The zero-order valence-electron chi connectivity index (χ0n) is 12.0. The Morgan fingerprint density at radius 1 is 1.32 bits per heavy atom. The third kappa shape index (κ3) is 4.49. The molecule has 3 N–H and O–H groups in total. The van der Waals surface area contributed by atoms with Crippen molar-refractivity contribution < 1.29 is 9.90 Å². The van der Waals surface area contributed by atoms with Crippen LogP contribution in [0.4, 0.5) is 5.69 Å². The Hall–Kier alpha value is -2.53. The molecule has 0 spiro atoms. The van der Waals surface area contributed by atoms with Gasteiger partial charge < -0.3 is 10.4 Å². The third-order valence-corrected chi connectivity index (χ3v) is 3.19. The van der Waals surface area contributed by atoms with Gasteiger partial charge >= 0.3 is 0 Å². The van der Waals surface area contributed by atoms with Crippen molar-refractivity contribution in [3.05, 3.63) is 58.6 Å². The second kappa shape index (κ2) is 7.47. The molecule has 0 aliphatic carbocycles. The van der Waals surface area contributed by atoms with Crippen molar-refractivity contribution in [3.63, 3.8) is 0 Å². The summed E-state index contributed by atoms with van der Waals surface area (Å²) in [6.45, 7) is 1.99. The van der Waals surface area contributed by atoms with Gasteiger partial charge in [0, 0.05) is 16.3 Å². The van der Waals surface area contributed by atoms with Crippen LogP contribution in [0.5, 0.6) is 5.75 Å². The number of carbonyl (C=O) groups excluding carboxylic acids is 1. The number of rotatable bonds is 5. The topological polar surface area (TPSA) is 73.7 Å². The van der Waals surface area contributed by atoms with Crippen LogP contribution in [0, 0.1) is 6.92 Å². The predicted molar refractivity (Wildman–Crippen MR) is 88.5 cm³/mol. The Labute approximate surface area is 133 Å². The number of phenolic OH excluding ortho intramolecular Hbond substituents is 1. The maximum absolute atomic E-state index is 11.7. The molecule has 0 aromatic heterocycles. The number of halogens is 1. The van der Waals surface area contributed by atoms with E-state index in [-0.39, 0.29) is 18.2 Å². The first kappa shape index (κ1) is 15.9. The number of carbonyl (C=O) groups is 1. The minimum atomic E-state index is -0.291. The molecule has 0 saturated carbocycles. The van der Waals surface area contributed by atoms with Crippen LogP contribution in [0.2, 0.25) is 5.02 Å². The van der Waals surface area contributed by atoms with E-state index in [2.05, 4.69) is 15.8 Å². The van der Waals surface area contributed by atoms with Crippen LogP contribution in [0.1, 0.15) is 11.1 Å². The summed E-state index contributed by atoms with van der Waals surface area (Å²) in [5.74, 6) is -0.184. The zero-order chi connectivity index (χ0) is 15.9. The van der Waals surface area contributed by atoms with E-state index in [1.807, 2.05) is 19.1 Å². The average molecular weight is 318 g/mol. The molecular weight excluding hydrogens is 302 g/mol. The van der Waals surface area contributed by atoms with E-state index in [4.69, 9.17) is 11.6 Å². The van der Waals surface area contributed by atoms with Crippen molar-refractivity contribution in [1.82, 2.24) is 5.43 Å². The maximum atomic E-state index is 11.7. The molecule has 22 heavy (non-hydrogen) atoms. The molecule has 0 heterocycles. The summed E-state index contributed by atoms with van der Waals surface area (Å²) in [5.41, 5.74) is 4.72. The first-order chi connectivity index (χ1) is 10.6.